The van der Waals surface area contributed by atoms with Crippen molar-refractivity contribution in [2.75, 3.05) is 0 Å². The molecule has 0 unspecified atom stereocenters. The Kier molecular flexibility index (Phi) is 4.10. The van der Waals surface area contributed by atoms with Crippen molar-refractivity contribution in [2.45, 2.75) is 26.2 Å². The topological polar surface area (TPSA) is 19.7 Å². The van der Waals surface area contributed by atoms with Crippen LogP contribution in [0.5, 0.6) is 0 Å². The van der Waals surface area contributed by atoms with Gasteiger partial charge in [-0.2, -0.15) is 0 Å². The van der Waals surface area contributed by atoms with Crippen LogP contribution in [0, 0.1) is 0 Å². The molecule has 40 heavy (non-hydrogen) atoms. The number of hydrogen-bond donors (Lipinski definition) is 0. The van der Waals surface area contributed by atoms with Crippen molar-refractivity contribution in [3.8, 4) is 45.3 Å². The Morgan fingerprint density at radius 3 is 1.15 bits per heavy atom. The van der Waals surface area contributed by atoms with Crippen molar-refractivity contribution in [1.82, 2.24) is 16.9 Å². The van der Waals surface area contributed by atoms with Crippen LogP contribution in [0.4, 0.5) is 0 Å². The van der Waals surface area contributed by atoms with E-state index in [-0.39, 0.29) is 0 Å². The Balaban J connectivity index is 1.25. The standard InChI is InChI=1S/C34H30N4Si2/c1-39(2)35-27(23-11-7-5-8-12-23)15-17-29(35)33-21-25-20-32-26(19-31(25)37(33)39)22-34-30-18-16-28(24-13-9-6-10-14-24)36(30)40(3,4)38(32)34/h5-22H,1-4H3. The predicted octanol–water partition coefficient (Wildman–Crippen LogP) is 8.69. The summed E-state index contributed by atoms with van der Waals surface area (Å²) >= 11 is 0. The van der Waals surface area contributed by atoms with Gasteiger partial charge in [0.1, 0.15) is 0 Å². The molecule has 0 atom stereocenters. The van der Waals surface area contributed by atoms with Crippen molar-refractivity contribution in [3.05, 3.63) is 109 Å². The van der Waals surface area contributed by atoms with E-state index in [1.54, 1.807) is 0 Å². The lowest BCUT2D eigenvalue weighted by Crippen LogP contribution is -2.41. The Bertz CT molecular complexity index is 2000. The van der Waals surface area contributed by atoms with Crippen LogP contribution in [0.2, 0.25) is 26.2 Å². The highest BCUT2D eigenvalue weighted by Gasteiger charge is 2.43. The molecule has 0 spiro atoms. The van der Waals surface area contributed by atoms with Crippen molar-refractivity contribution in [1.29, 1.82) is 0 Å². The smallest absolute Gasteiger partial charge is 0.267 e. The van der Waals surface area contributed by atoms with Crippen molar-refractivity contribution in [2.24, 2.45) is 0 Å². The molecule has 7 aromatic rings. The first-order chi connectivity index (χ1) is 19.4. The lowest BCUT2D eigenvalue weighted by molar-refractivity contribution is 1.12. The van der Waals surface area contributed by atoms with Gasteiger partial charge in [0, 0.05) is 33.2 Å². The second-order valence-electron chi connectivity index (χ2n) is 12.3. The molecule has 0 radical (unpaired) electrons. The van der Waals surface area contributed by atoms with E-state index >= 15 is 0 Å². The monoisotopic (exact) mass is 550 g/mol. The average molecular weight is 551 g/mol. The van der Waals surface area contributed by atoms with Crippen LogP contribution >= 0.6 is 0 Å². The van der Waals surface area contributed by atoms with Gasteiger partial charge in [0.2, 0.25) is 0 Å². The number of aromatic nitrogens is 4. The molecule has 0 fully saturated rings. The summed E-state index contributed by atoms with van der Waals surface area (Å²) in [5.41, 5.74) is 13.4. The first-order valence-electron chi connectivity index (χ1n) is 14.1. The van der Waals surface area contributed by atoms with E-state index < -0.39 is 16.8 Å². The van der Waals surface area contributed by atoms with Gasteiger partial charge >= 0.3 is 0 Å². The third kappa shape index (κ3) is 2.61. The Labute approximate surface area is 235 Å². The summed E-state index contributed by atoms with van der Waals surface area (Å²) in [6, 6.07) is 40.8. The quantitative estimate of drug-likeness (QED) is 0.192. The summed E-state index contributed by atoms with van der Waals surface area (Å²) in [5, 5.41) is 2.70. The van der Waals surface area contributed by atoms with Crippen LogP contribution in [0.25, 0.3) is 67.1 Å². The molecule has 2 aliphatic heterocycles. The third-order valence-corrected chi connectivity index (χ3v) is 15.6. The molecule has 3 aromatic carbocycles. The Morgan fingerprint density at radius 2 is 0.750 bits per heavy atom. The van der Waals surface area contributed by atoms with Crippen LogP contribution in [0.3, 0.4) is 0 Å². The van der Waals surface area contributed by atoms with Gasteiger partial charge in [-0.3, -0.25) is 0 Å². The maximum atomic E-state index is 2.69. The van der Waals surface area contributed by atoms with Crippen LogP contribution < -0.4 is 0 Å². The van der Waals surface area contributed by atoms with E-state index in [0.29, 0.717) is 0 Å². The predicted molar refractivity (Wildman–Crippen MR) is 172 cm³/mol. The molecule has 6 heterocycles. The summed E-state index contributed by atoms with van der Waals surface area (Å²) < 4.78 is 10.7. The summed E-state index contributed by atoms with van der Waals surface area (Å²) in [4.78, 5) is 0. The second kappa shape index (κ2) is 7.27. The maximum absolute atomic E-state index is 2.69. The summed E-state index contributed by atoms with van der Waals surface area (Å²) in [7, 11) is -4.09. The molecular weight excluding hydrogens is 521 g/mol. The highest BCUT2D eigenvalue weighted by Crippen LogP contribution is 2.46. The molecule has 2 aliphatic rings. The molecule has 0 N–H and O–H groups in total. The highest BCUT2D eigenvalue weighted by molar-refractivity contribution is 6.78. The average Bonchev–Trinajstić information content (AvgIpc) is 3.76. The second-order valence-corrected chi connectivity index (χ2v) is 20.1. The Morgan fingerprint density at radius 1 is 0.375 bits per heavy atom. The van der Waals surface area contributed by atoms with E-state index in [1.807, 2.05) is 0 Å². The van der Waals surface area contributed by atoms with Gasteiger partial charge in [-0.05, 0) is 85.8 Å². The van der Waals surface area contributed by atoms with Crippen molar-refractivity contribution >= 4 is 38.6 Å². The van der Waals surface area contributed by atoms with Gasteiger partial charge < -0.3 is 16.9 Å². The zero-order valence-electron chi connectivity index (χ0n) is 23.2. The number of nitrogens with zero attached hydrogens (tertiary/aromatic N) is 4. The lowest BCUT2D eigenvalue weighted by atomic mass is 10.2. The summed E-state index contributed by atoms with van der Waals surface area (Å²) in [6.07, 6.45) is 0. The molecule has 9 rings (SSSR count). The van der Waals surface area contributed by atoms with E-state index in [2.05, 4.69) is 152 Å². The number of fused-ring (bicyclic) bond motifs is 10. The van der Waals surface area contributed by atoms with E-state index in [1.165, 1.54) is 67.1 Å². The SMILES string of the molecule is C[Si]1(C)n2c(-c3ccccc3)ccc2-c2cc3cc4c(cc5n4[Si](C)(C)n4c(-c6ccccc6)ccc4-5)cc3n21. The summed E-state index contributed by atoms with van der Waals surface area (Å²) in [5.74, 6) is 0. The highest BCUT2D eigenvalue weighted by atomic mass is 28.4. The van der Waals surface area contributed by atoms with Crippen LogP contribution in [-0.4, -0.2) is 33.7 Å². The number of rotatable bonds is 2. The molecule has 4 aromatic heterocycles. The summed E-state index contributed by atoms with van der Waals surface area (Å²) in [6.45, 7) is 9.93. The minimum Gasteiger partial charge on any atom is -0.348 e. The van der Waals surface area contributed by atoms with E-state index in [9.17, 15) is 0 Å². The fraction of sp³-hybridized carbons (Fsp3) is 0.118. The molecular formula is C34H30N4Si2. The molecule has 0 saturated heterocycles. The molecule has 0 saturated carbocycles. The minimum atomic E-state index is -2.05. The zero-order valence-corrected chi connectivity index (χ0v) is 25.2. The zero-order chi connectivity index (χ0) is 27.0. The molecule has 0 bridgehead atoms. The van der Waals surface area contributed by atoms with E-state index in [0.717, 1.165) is 0 Å². The number of hydrogen-bond acceptors (Lipinski definition) is 0. The third-order valence-electron chi connectivity index (χ3n) is 9.34. The normalized spacial score (nSPS) is 15.9. The van der Waals surface area contributed by atoms with Gasteiger partial charge in [0.15, 0.2) is 0 Å². The first-order valence-corrected chi connectivity index (χ1v) is 19.9. The fourth-order valence-corrected chi connectivity index (χ4v) is 14.4. The fourth-order valence-electron chi connectivity index (χ4n) is 7.79. The maximum Gasteiger partial charge on any atom is 0.267 e. The van der Waals surface area contributed by atoms with Gasteiger partial charge in [-0.15, -0.1) is 0 Å². The molecule has 194 valence electrons. The minimum absolute atomic E-state index is 1.29. The van der Waals surface area contributed by atoms with Crippen LogP contribution in [0.1, 0.15) is 0 Å². The van der Waals surface area contributed by atoms with Crippen LogP contribution in [0.15, 0.2) is 109 Å². The largest absolute Gasteiger partial charge is 0.348 e. The van der Waals surface area contributed by atoms with Gasteiger partial charge in [-0.1, -0.05) is 60.7 Å². The number of benzene rings is 3. The van der Waals surface area contributed by atoms with Gasteiger partial charge in [-0.25, -0.2) is 0 Å². The molecule has 0 aliphatic carbocycles. The van der Waals surface area contributed by atoms with Crippen LogP contribution in [-0.2, 0) is 0 Å². The molecule has 4 nitrogen and oxygen atoms in total. The van der Waals surface area contributed by atoms with E-state index in [4.69, 9.17) is 0 Å². The Hall–Kier alpha value is -4.27. The molecule has 6 heteroatoms. The first kappa shape index (κ1) is 22.5. The lowest BCUT2D eigenvalue weighted by Gasteiger charge is -2.26. The van der Waals surface area contributed by atoms with Crippen molar-refractivity contribution < 1.29 is 0 Å². The molecule has 0 amide bonds. The van der Waals surface area contributed by atoms with Crippen molar-refractivity contribution in [3.63, 3.8) is 0 Å². The van der Waals surface area contributed by atoms with Gasteiger partial charge in [0.05, 0.1) is 22.8 Å². The van der Waals surface area contributed by atoms with Gasteiger partial charge in [0.25, 0.3) is 16.8 Å².